The molecule has 4 saturated carbocycles. The van der Waals surface area contributed by atoms with Crippen molar-refractivity contribution in [2.45, 2.75) is 152 Å². The number of ether oxygens (including phenoxy) is 1. The smallest absolute Gasteiger partial charge is 0.309 e. The normalized spacial score (nSPS) is 41.4. The number of carboxylic acids is 1. The molecule has 8 nitrogen and oxygen atoms in total. The van der Waals surface area contributed by atoms with E-state index in [0.29, 0.717) is 30.8 Å². The Kier molecular flexibility index (Phi) is 9.10. The van der Waals surface area contributed by atoms with Gasteiger partial charge in [-0.1, -0.05) is 48.5 Å². The molecule has 6 rings (SSSR count). The molecule has 9 atom stereocenters. The van der Waals surface area contributed by atoms with Crippen LogP contribution in [0.25, 0.3) is 0 Å². The van der Waals surface area contributed by atoms with E-state index in [-0.39, 0.29) is 57.7 Å². The average molecular weight is 681 g/mol. The van der Waals surface area contributed by atoms with Crippen molar-refractivity contribution in [1.82, 2.24) is 10.6 Å². The fourth-order valence-corrected chi connectivity index (χ4v) is 13.0. The number of carboxylic acid groups (broad SMARTS) is 1. The number of esters is 1. The molecule has 49 heavy (non-hydrogen) atoms. The maximum Gasteiger partial charge on any atom is 0.309 e. The zero-order chi connectivity index (χ0) is 35.9. The number of allylic oxidation sites excluding steroid dienone is 1. The number of nitrogens with one attached hydrogen (secondary N) is 2. The van der Waals surface area contributed by atoms with Crippen LogP contribution < -0.4 is 10.6 Å². The van der Waals surface area contributed by atoms with E-state index in [2.05, 4.69) is 59.1 Å². The molecule has 0 aromatic heterocycles. The average Bonchev–Trinajstić information content (AvgIpc) is 3.63. The third kappa shape index (κ3) is 5.46. The molecular weight excluding hydrogens is 616 g/mol. The van der Waals surface area contributed by atoms with E-state index in [1.54, 1.807) is 13.8 Å². The third-order valence-corrected chi connectivity index (χ3v) is 15.9. The van der Waals surface area contributed by atoms with Crippen molar-refractivity contribution in [3.05, 3.63) is 11.1 Å². The summed E-state index contributed by atoms with van der Waals surface area (Å²) in [6.45, 7) is 21.2. The molecule has 1 aliphatic heterocycles. The summed E-state index contributed by atoms with van der Waals surface area (Å²) in [5.74, 6) is 0.0112. The van der Waals surface area contributed by atoms with Gasteiger partial charge in [0.05, 0.1) is 17.3 Å². The summed E-state index contributed by atoms with van der Waals surface area (Å²) < 4.78 is 6.15. The van der Waals surface area contributed by atoms with Crippen LogP contribution in [0, 0.1) is 56.2 Å². The number of aliphatic carboxylic acids is 1. The van der Waals surface area contributed by atoms with Crippen molar-refractivity contribution >= 4 is 23.6 Å². The summed E-state index contributed by atoms with van der Waals surface area (Å²) in [6.07, 6.45) is 9.80. The highest BCUT2D eigenvalue weighted by atomic mass is 16.5. The molecule has 0 radical (unpaired) electrons. The van der Waals surface area contributed by atoms with Crippen LogP contribution in [0.4, 0.5) is 0 Å². The minimum absolute atomic E-state index is 0.0311. The number of carbonyl (C=O) groups excluding carboxylic acids is 3. The molecule has 0 spiro atoms. The van der Waals surface area contributed by atoms with Gasteiger partial charge in [0.2, 0.25) is 5.91 Å². The minimum Gasteiger partial charge on any atom is -0.481 e. The van der Waals surface area contributed by atoms with Crippen LogP contribution in [0.1, 0.15) is 139 Å². The SMILES string of the molecule is CC(C)C1=C2C3CCC4[C@@]5(C)CC[C@H](OC(=O)CC(C)(C)C(=O)O)C(C)(C)C5CC[C@@]4(C)[C@]3(C)CC[C@@]2(C(=O)NCC2CCCN2)CC1=O. The number of ketones is 1. The highest BCUT2D eigenvalue weighted by Crippen LogP contribution is 2.76. The van der Waals surface area contributed by atoms with E-state index in [0.717, 1.165) is 76.3 Å². The van der Waals surface area contributed by atoms with Gasteiger partial charge in [0, 0.05) is 24.4 Å². The largest absolute Gasteiger partial charge is 0.481 e. The maximum absolute atomic E-state index is 14.4. The van der Waals surface area contributed by atoms with E-state index < -0.39 is 22.8 Å². The van der Waals surface area contributed by atoms with E-state index in [1.165, 1.54) is 5.57 Å². The molecule has 3 N–H and O–H groups in total. The number of hydrogen-bond acceptors (Lipinski definition) is 6. The number of carbonyl (C=O) groups is 4. The van der Waals surface area contributed by atoms with Crippen molar-refractivity contribution in [1.29, 1.82) is 0 Å². The molecule has 4 unspecified atom stereocenters. The lowest BCUT2D eigenvalue weighted by Crippen LogP contribution is -2.66. The molecule has 0 aromatic rings. The Morgan fingerprint density at radius 1 is 0.939 bits per heavy atom. The van der Waals surface area contributed by atoms with Gasteiger partial charge in [-0.2, -0.15) is 0 Å². The molecule has 1 saturated heterocycles. The Morgan fingerprint density at radius 2 is 1.65 bits per heavy atom. The van der Waals surface area contributed by atoms with Crippen molar-refractivity contribution in [3.63, 3.8) is 0 Å². The molecular formula is C41H64N2O6. The summed E-state index contributed by atoms with van der Waals surface area (Å²) in [5.41, 5.74) is 0.101. The second-order valence-electron chi connectivity index (χ2n) is 19.5. The Morgan fingerprint density at radius 3 is 2.29 bits per heavy atom. The highest BCUT2D eigenvalue weighted by Gasteiger charge is 2.71. The molecule has 0 aromatic carbocycles. The molecule has 1 heterocycles. The molecule has 1 amide bonds. The van der Waals surface area contributed by atoms with Crippen LogP contribution in [0.15, 0.2) is 11.1 Å². The van der Waals surface area contributed by atoms with Crippen LogP contribution in [-0.2, 0) is 23.9 Å². The van der Waals surface area contributed by atoms with E-state index in [4.69, 9.17) is 4.74 Å². The van der Waals surface area contributed by atoms with Gasteiger partial charge >= 0.3 is 11.9 Å². The van der Waals surface area contributed by atoms with E-state index >= 15 is 0 Å². The number of amides is 1. The van der Waals surface area contributed by atoms with Crippen molar-refractivity contribution < 1.29 is 29.0 Å². The summed E-state index contributed by atoms with van der Waals surface area (Å²) >= 11 is 0. The first kappa shape index (κ1) is 36.6. The van der Waals surface area contributed by atoms with Crippen molar-refractivity contribution in [2.24, 2.45) is 56.2 Å². The van der Waals surface area contributed by atoms with Gasteiger partial charge in [0.1, 0.15) is 6.10 Å². The lowest BCUT2D eigenvalue weighted by molar-refractivity contribution is -0.233. The van der Waals surface area contributed by atoms with Crippen LogP contribution in [0.2, 0.25) is 0 Å². The van der Waals surface area contributed by atoms with E-state index in [1.807, 2.05) is 0 Å². The predicted octanol–water partition coefficient (Wildman–Crippen LogP) is 7.25. The summed E-state index contributed by atoms with van der Waals surface area (Å²) in [7, 11) is 0. The fraction of sp³-hybridized carbons (Fsp3) is 0.854. The highest BCUT2D eigenvalue weighted by molar-refractivity contribution is 6.07. The van der Waals surface area contributed by atoms with Crippen LogP contribution in [-0.4, -0.2) is 54.0 Å². The van der Waals surface area contributed by atoms with E-state index in [9.17, 15) is 24.3 Å². The number of hydrogen-bond donors (Lipinski definition) is 3. The zero-order valence-corrected chi connectivity index (χ0v) is 31.9. The van der Waals surface area contributed by atoms with Crippen molar-refractivity contribution in [3.8, 4) is 0 Å². The first-order valence-electron chi connectivity index (χ1n) is 19.5. The summed E-state index contributed by atoms with van der Waals surface area (Å²) in [4.78, 5) is 53.0. The molecule has 8 heteroatoms. The lowest BCUT2D eigenvalue weighted by atomic mass is 9.33. The standard InChI is InChI=1S/C41H64N2O6/c1-24(2)32-27(44)21-41(34(46)43-23-25-11-10-20-42-25)19-18-39(8)26(33(32)41)12-13-29-38(7)16-15-30(49-31(45)22-36(3,4)35(47)48)37(5,6)28(38)14-17-40(29,39)9/h24-26,28-30,42H,10-23H2,1-9H3,(H,43,46)(H,47,48)/t25?,26?,28?,29?,30-,38-,39+,40+,41+/m0/s1. The Balaban J connectivity index is 1.28. The Hall–Kier alpha value is -2.22. The van der Waals surface area contributed by atoms with Crippen LogP contribution in [0.3, 0.4) is 0 Å². The van der Waals surface area contributed by atoms with Gasteiger partial charge in [-0.25, -0.2) is 0 Å². The molecule has 6 aliphatic rings. The van der Waals surface area contributed by atoms with Crippen molar-refractivity contribution in [2.75, 3.05) is 13.1 Å². The third-order valence-electron chi connectivity index (χ3n) is 15.9. The summed E-state index contributed by atoms with van der Waals surface area (Å²) in [6, 6.07) is 0.313. The zero-order valence-electron chi connectivity index (χ0n) is 31.9. The van der Waals surface area contributed by atoms with Gasteiger partial charge in [0.15, 0.2) is 5.78 Å². The molecule has 274 valence electrons. The monoisotopic (exact) mass is 680 g/mol. The quantitative estimate of drug-likeness (QED) is 0.231. The second-order valence-corrected chi connectivity index (χ2v) is 19.5. The fourth-order valence-electron chi connectivity index (χ4n) is 13.0. The number of Topliss-reactive ketones (excluding diaryl/α,β-unsaturated/α-hetero) is 1. The second kappa shape index (κ2) is 12.2. The first-order chi connectivity index (χ1) is 22.7. The Bertz CT molecular complexity index is 1420. The Labute approximate surface area is 294 Å². The summed E-state index contributed by atoms with van der Waals surface area (Å²) in [5, 5.41) is 16.4. The van der Waals surface area contributed by atoms with Crippen LogP contribution >= 0.6 is 0 Å². The topological polar surface area (TPSA) is 122 Å². The minimum atomic E-state index is -1.16. The maximum atomic E-state index is 14.4. The molecule has 5 aliphatic carbocycles. The van der Waals surface area contributed by atoms with Gasteiger partial charge in [-0.3, -0.25) is 19.2 Å². The lowest BCUT2D eigenvalue weighted by Gasteiger charge is -2.72. The number of fused-ring (bicyclic) bond motifs is 7. The number of rotatable bonds is 8. The molecule has 0 bridgehead atoms. The van der Waals surface area contributed by atoms with Gasteiger partial charge < -0.3 is 20.5 Å². The predicted molar refractivity (Wildman–Crippen MR) is 189 cm³/mol. The van der Waals surface area contributed by atoms with Gasteiger partial charge in [-0.05, 0) is 136 Å². The van der Waals surface area contributed by atoms with Gasteiger partial charge in [0.25, 0.3) is 0 Å². The van der Waals surface area contributed by atoms with Crippen LogP contribution in [0.5, 0.6) is 0 Å². The van der Waals surface area contributed by atoms with Gasteiger partial charge in [-0.15, -0.1) is 0 Å². The first-order valence-corrected chi connectivity index (χ1v) is 19.5. The molecule has 5 fully saturated rings.